The van der Waals surface area contributed by atoms with Crippen LogP contribution in [0.2, 0.25) is 5.02 Å². The number of halogens is 1. The third-order valence-electron chi connectivity index (χ3n) is 2.29. The number of methoxy groups -OCH3 is 1. The highest BCUT2D eigenvalue weighted by Gasteiger charge is 2.18. The van der Waals surface area contributed by atoms with Crippen LogP contribution >= 0.6 is 23.1 Å². The first-order valence-corrected chi connectivity index (χ1v) is 6.68. The highest BCUT2D eigenvalue weighted by atomic mass is 35.5. The van der Waals surface area contributed by atoms with Crippen LogP contribution in [0.3, 0.4) is 0 Å². The van der Waals surface area contributed by atoms with Gasteiger partial charge in [0.2, 0.25) is 5.75 Å². The molecule has 2 rings (SSSR count). The van der Waals surface area contributed by atoms with E-state index in [9.17, 15) is 10.1 Å². The van der Waals surface area contributed by atoms with Gasteiger partial charge in [-0.2, -0.15) is 9.36 Å². The van der Waals surface area contributed by atoms with E-state index in [1.165, 1.54) is 18.2 Å². The molecule has 0 N–H and O–H groups in total. The fourth-order valence-corrected chi connectivity index (χ4v) is 2.14. The first kappa shape index (κ1) is 14.6. The summed E-state index contributed by atoms with van der Waals surface area (Å²) in [7, 11) is 1.58. The Morgan fingerprint density at radius 2 is 2.30 bits per heavy atom. The van der Waals surface area contributed by atoms with Crippen molar-refractivity contribution < 1.29 is 14.4 Å². The van der Waals surface area contributed by atoms with Gasteiger partial charge in [0.05, 0.1) is 11.5 Å². The lowest BCUT2D eigenvalue weighted by Gasteiger charge is -2.02. The average molecular weight is 316 g/mol. The summed E-state index contributed by atoms with van der Waals surface area (Å²) in [6, 6.07) is 4.16. The van der Waals surface area contributed by atoms with Gasteiger partial charge in [-0.15, -0.1) is 0 Å². The maximum absolute atomic E-state index is 10.9. The van der Waals surface area contributed by atoms with Crippen LogP contribution in [0.1, 0.15) is 5.82 Å². The molecule has 0 aliphatic rings. The molecule has 9 heteroatoms. The van der Waals surface area contributed by atoms with Crippen LogP contribution in [-0.2, 0) is 11.2 Å². The fraction of sp³-hybridized carbons (Fsp3) is 0.273. The maximum Gasteiger partial charge on any atom is 0.313 e. The smallest absolute Gasteiger partial charge is 0.313 e. The Morgan fingerprint density at radius 1 is 1.50 bits per heavy atom. The Bertz CT molecular complexity index is 619. The van der Waals surface area contributed by atoms with E-state index in [1.54, 1.807) is 7.11 Å². The van der Waals surface area contributed by atoms with Crippen molar-refractivity contribution in [3.8, 4) is 10.9 Å². The third-order valence-corrected chi connectivity index (χ3v) is 3.16. The zero-order chi connectivity index (χ0) is 14.5. The number of benzene rings is 1. The topological polar surface area (TPSA) is 87.4 Å². The Labute approximate surface area is 123 Å². The van der Waals surface area contributed by atoms with Crippen molar-refractivity contribution in [2.24, 2.45) is 0 Å². The van der Waals surface area contributed by atoms with Crippen LogP contribution < -0.4 is 4.74 Å². The van der Waals surface area contributed by atoms with Crippen molar-refractivity contribution in [3.05, 3.63) is 39.2 Å². The molecule has 0 unspecified atom stereocenters. The van der Waals surface area contributed by atoms with Gasteiger partial charge in [0.25, 0.3) is 5.19 Å². The van der Waals surface area contributed by atoms with E-state index in [1.807, 2.05) is 0 Å². The summed E-state index contributed by atoms with van der Waals surface area (Å²) in [5.41, 5.74) is -0.217. The van der Waals surface area contributed by atoms with Gasteiger partial charge in [-0.3, -0.25) is 10.1 Å². The lowest BCUT2D eigenvalue weighted by molar-refractivity contribution is -0.385. The van der Waals surface area contributed by atoms with Crippen molar-refractivity contribution in [2.45, 2.75) is 6.42 Å². The van der Waals surface area contributed by atoms with E-state index in [2.05, 4.69) is 9.36 Å². The molecule has 0 amide bonds. The van der Waals surface area contributed by atoms with Gasteiger partial charge in [-0.05, 0) is 12.1 Å². The zero-order valence-electron chi connectivity index (χ0n) is 10.4. The number of rotatable bonds is 6. The molecule has 1 aromatic carbocycles. The molecular formula is C11H10ClN3O4S. The lowest BCUT2D eigenvalue weighted by atomic mass is 10.3. The molecule has 0 radical (unpaired) electrons. The summed E-state index contributed by atoms with van der Waals surface area (Å²) < 4.78 is 14.4. The van der Waals surface area contributed by atoms with Crippen molar-refractivity contribution in [2.75, 3.05) is 13.7 Å². The van der Waals surface area contributed by atoms with E-state index >= 15 is 0 Å². The number of hydrogen-bond acceptors (Lipinski definition) is 7. The summed E-state index contributed by atoms with van der Waals surface area (Å²) in [5.74, 6) is 0.650. The molecular weight excluding hydrogens is 306 g/mol. The van der Waals surface area contributed by atoms with Crippen LogP contribution in [0.5, 0.6) is 10.9 Å². The quantitative estimate of drug-likeness (QED) is 0.601. The van der Waals surface area contributed by atoms with E-state index < -0.39 is 4.92 Å². The van der Waals surface area contributed by atoms with E-state index in [-0.39, 0.29) is 21.7 Å². The van der Waals surface area contributed by atoms with Gasteiger partial charge >= 0.3 is 5.69 Å². The van der Waals surface area contributed by atoms with Gasteiger partial charge in [0, 0.05) is 36.2 Å². The molecule has 0 saturated heterocycles. The number of aromatic nitrogens is 2. The van der Waals surface area contributed by atoms with Gasteiger partial charge < -0.3 is 9.47 Å². The van der Waals surface area contributed by atoms with Crippen LogP contribution in [-0.4, -0.2) is 28.0 Å². The van der Waals surface area contributed by atoms with Crippen molar-refractivity contribution in [1.82, 2.24) is 9.36 Å². The second-order valence-corrected chi connectivity index (χ2v) is 4.84. The molecule has 7 nitrogen and oxygen atoms in total. The third kappa shape index (κ3) is 3.62. The van der Waals surface area contributed by atoms with E-state index in [0.29, 0.717) is 18.9 Å². The summed E-state index contributed by atoms with van der Waals surface area (Å²) in [4.78, 5) is 14.5. The second-order valence-electron chi connectivity index (χ2n) is 3.69. The fourth-order valence-electron chi connectivity index (χ4n) is 1.39. The van der Waals surface area contributed by atoms with Gasteiger partial charge in [0.15, 0.2) is 0 Å². The van der Waals surface area contributed by atoms with E-state index in [4.69, 9.17) is 21.1 Å². The van der Waals surface area contributed by atoms with Crippen molar-refractivity contribution in [3.63, 3.8) is 0 Å². The molecule has 20 heavy (non-hydrogen) atoms. The summed E-state index contributed by atoms with van der Waals surface area (Å²) in [5, 5.41) is 11.4. The summed E-state index contributed by atoms with van der Waals surface area (Å²) >= 11 is 6.75. The molecule has 0 aliphatic heterocycles. The molecule has 2 aromatic rings. The number of nitrogens with zero attached hydrogens (tertiary/aromatic N) is 3. The summed E-state index contributed by atoms with van der Waals surface area (Å²) in [6.07, 6.45) is 0.555. The molecule has 0 aliphatic carbocycles. The largest absolute Gasteiger partial charge is 0.422 e. The van der Waals surface area contributed by atoms with E-state index in [0.717, 1.165) is 11.5 Å². The molecule has 0 atom stereocenters. The summed E-state index contributed by atoms with van der Waals surface area (Å²) in [6.45, 7) is 0.497. The minimum Gasteiger partial charge on any atom is -0.422 e. The average Bonchev–Trinajstić information content (AvgIpc) is 2.86. The Morgan fingerprint density at radius 3 is 3.00 bits per heavy atom. The maximum atomic E-state index is 10.9. The number of nitro groups is 1. The van der Waals surface area contributed by atoms with Gasteiger partial charge in [-0.1, -0.05) is 11.6 Å². The van der Waals surface area contributed by atoms with Gasteiger partial charge in [0.1, 0.15) is 5.82 Å². The molecule has 0 bridgehead atoms. The number of hydrogen-bond donors (Lipinski definition) is 0. The Hall–Kier alpha value is -1.77. The Kier molecular flexibility index (Phi) is 4.83. The predicted molar refractivity (Wildman–Crippen MR) is 73.7 cm³/mol. The zero-order valence-corrected chi connectivity index (χ0v) is 12.0. The Balaban J connectivity index is 2.17. The second kappa shape index (κ2) is 6.60. The van der Waals surface area contributed by atoms with Crippen LogP contribution in [0, 0.1) is 10.1 Å². The predicted octanol–water partition coefficient (Wildman–Crippen LogP) is 3.08. The van der Waals surface area contributed by atoms with Crippen molar-refractivity contribution in [1.29, 1.82) is 0 Å². The first-order valence-electron chi connectivity index (χ1n) is 5.53. The molecule has 1 aromatic heterocycles. The normalized spacial score (nSPS) is 10.5. The first-order chi connectivity index (χ1) is 9.60. The molecule has 1 heterocycles. The lowest BCUT2D eigenvalue weighted by Crippen LogP contribution is -1.96. The minimum absolute atomic E-state index is 0.0776. The molecule has 0 spiro atoms. The van der Waals surface area contributed by atoms with Crippen molar-refractivity contribution >= 4 is 28.8 Å². The van der Waals surface area contributed by atoms with Crippen LogP contribution in [0.25, 0.3) is 0 Å². The number of ether oxygens (including phenoxy) is 2. The van der Waals surface area contributed by atoms with Crippen LogP contribution in [0.4, 0.5) is 5.69 Å². The molecule has 0 saturated carbocycles. The monoisotopic (exact) mass is 315 g/mol. The van der Waals surface area contributed by atoms with Gasteiger partial charge in [-0.25, -0.2) is 0 Å². The highest BCUT2D eigenvalue weighted by Crippen LogP contribution is 2.34. The minimum atomic E-state index is -0.561. The van der Waals surface area contributed by atoms with Crippen LogP contribution in [0.15, 0.2) is 18.2 Å². The molecule has 0 fully saturated rings. The molecule has 106 valence electrons. The highest BCUT2D eigenvalue weighted by molar-refractivity contribution is 7.07. The standard InChI is InChI=1S/C11H10ClN3O4S/c1-18-5-4-10-13-11(20-14-10)19-9-3-2-7(12)6-8(9)15(16)17/h2-3,6H,4-5H2,1H3. The SMILES string of the molecule is COCCc1nsc(Oc2ccc(Cl)cc2[N+](=O)[O-])n1. The number of nitro benzene ring substituents is 1.